The van der Waals surface area contributed by atoms with E-state index in [1.54, 1.807) is 6.07 Å². The Labute approximate surface area is 128 Å². The first-order valence-corrected chi connectivity index (χ1v) is 6.75. The molecular formula is C14H19ClN2O4. The number of aliphatic hydroxyl groups is 1. The monoisotopic (exact) mass is 314 g/mol. The zero-order valence-corrected chi connectivity index (χ0v) is 13.2. The summed E-state index contributed by atoms with van der Waals surface area (Å²) in [4.78, 5) is 27.3. The molecule has 0 aliphatic rings. The normalized spacial score (nSPS) is 12.7. The van der Waals surface area contributed by atoms with Gasteiger partial charge in [0.2, 0.25) is 0 Å². The minimum Gasteiger partial charge on any atom is -0.467 e. The fraction of sp³-hybridized carbons (Fsp3) is 0.500. The Balaban J connectivity index is 2.84. The van der Waals surface area contributed by atoms with Crippen LogP contribution in [0.1, 0.15) is 36.8 Å². The maximum absolute atomic E-state index is 12.0. The average molecular weight is 315 g/mol. The molecule has 116 valence electrons. The lowest BCUT2D eigenvalue weighted by molar-refractivity contribution is -0.149. The molecule has 0 saturated carbocycles. The highest BCUT2D eigenvalue weighted by Crippen LogP contribution is 2.23. The van der Waals surface area contributed by atoms with Gasteiger partial charge in [-0.2, -0.15) is 0 Å². The summed E-state index contributed by atoms with van der Waals surface area (Å²) in [5, 5.41) is 12.1. The molecule has 1 aromatic rings. The number of nitrogens with one attached hydrogen (secondary N) is 1. The van der Waals surface area contributed by atoms with Gasteiger partial charge in [-0.05, 0) is 12.1 Å². The molecule has 0 fully saturated rings. The van der Waals surface area contributed by atoms with E-state index in [1.807, 2.05) is 20.8 Å². The lowest BCUT2D eigenvalue weighted by Gasteiger charge is -2.19. The Morgan fingerprint density at radius 1 is 1.43 bits per heavy atom. The largest absolute Gasteiger partial charge is 0.467 e. The lowest BCUT2D eigenvalue weighted by Crippen LogP contribution is -2.37. The van der Waals surface area contributed by atoms with Gasteiger partial charge in [-0.15, -0.1) is 0 Å². The third-order valence-electron chi connectivity index (χ3n) is 2.75. The van der Waals surface area contributed by atoms with Crippen LogP contribution in [0.3, 0.4) is 0 Å². The zero-order valence-electron chi connectivity index (χ0n) is 12.4. The Hall–Kier alpha value is -1.66. The number of ether oxygens (including phenoxy) is 1. The van der Waals surface area contributed by atoms with E-state index in [9.17, 15) is 14.7 Å². The third kappa shape index (κ3) is 4.99. The number of halogens is 1. The van der Waals surface area contributed by atoms with Gasteiger partial charge in [-0.1, -0.05) is 32.4 Å². The Morgan fingerprint density at radius 3 is 2.57 bits per heavy atom. The predicted octanol–water partition coefficient (Wildman–Crippen LogP) is 1.30. The molecule has 1 aromatic heterocycles. The van der Waals surface area contributed by atoms with Crippen molar-refractivity contribution < 1.29 is 19.4 Å². The van der Waals surface area contributed by atoms with Crippen LogP contribution < -0.4 is 5.32 Å². The van der Waals surface area contributed by atoms with E-state index in [-0.39, 0.29) is 17.1 Å². The molecule has 0 aromatic carbocycles. The number of pyridine rings is 1. The number of methoxy groups -OCH3 is 1. The van der Waals surface area contributed by atoms with Gasteiger partial charge in [0.15, 0.2) is 6.10 Å². The number of amides is 1. The number of aliphatic hydroxyl groups excluding tert-OH is 1. The number of nitrogens with zero attached hydrogens (tertiary/aromatic N) is 1. The second kappa shape index (κ2) is 6.87. The summed E-state index contributed by atoms with van der Waals surface area (Å²) in [6, 6.07) is 3.06. The van der Waals surface area contributed by atoms with E-state index in [0.717, 1.165) is 7.11 Å². The summed E-state index contributed by atoms with van der Waals surface area (Å²) >= 11 is 5.92. The van der Waals surface area contributed by atoms with Crippen molar-refractivity contribution in [1.82, 2.24) is 10.3 Å². The van der Waals surface area contributed by atoms with Crippen LogP contribution in [0.5, 0.6) is 0 Å². The van der Waals surface area contributed by atoms with Crippen molar-refractivity contribution in [3.05, 3.63) is 28.5 Å². The van der Waals surface area contributed by atoms with Gasteiger partial charge in [0.25, 0.3) is 5.91 Å². The summed E-state index contributed by atoms with van der Waals surface area (Å²) in [7, 11) is 1.16. The lowest BCUT2D eigenvalue weighted by atomic mass is 9.91. The van der Waals surface area contributed by atoms with E-state index in [4.69, 9.17) is 11.6 Å². The van der Waals surface area contributed by atoms with Gasteiger partial charge in [-0.25, -0.2) is 9.78 Å². The van der Waals surface area contributed by atoms with E-state index in [2.05, 4.69) is 15.0 Å². The van der Waals surface area contributed by atoms with Crippen molar-refractivity contribution in [2.45, 2.75) is 32.3 Å². The van der Waals surface area contributed by atoms with Crippen LogP contribution in [0.2, 0.25) is 5.15 Å². The summed E-state index contributed by atoms with van der Waals surface area (Å²) in [6.45, 7) is 5.62. The van der Waals surface area contributed by atoms with E-state index in [1.165, 1.54) is 6.07 Å². The number of carbonyl (C=O) groups excluding carboxylic acids is 2. The third-order valence-corrected chi connectivity index (χ3v) is 2.95. The molecule has 21 heavy (non-hydrogen) atoms. The quantitative estimate of drug-likeness (QED) is 0.646. The van der Waals surface area contributed by atoms with Crippen LogP contribution in [0, 0.1) is 0 Å². The molecule has 1 heterocycles. The number of carbonyl (C=O) groups is 2. The maximum Gasteiger partial charge on any atom is 0.336 e. The van der Waals surface area contributed by atoms with Crippen LogP contribution in [0.25, 0.3) is 0 Å². The molecule has 0 aliphatic heterocycles. The standard InChI is InChI=1S/C14H19ClN2O4/c1-14(2,3)10-5-8(6-11(15)17-10)12(19)16-7-9(18)13(20)21-4/h5-6,9,18H,7H2,1-4H3,(H,16,19). The number of hydrogen-bond acceptors (Lipinski definition) is 5. The van der Waals surface area contributed by atoms with Crippen molar-refractivity contribution >= 4 is 23.5 Å². The molecule has 7 heteroatoms. The summed E-state index contributed by atoms with van der Waals surface area (Å²) in [5.74, 6) is -1.26. The molecule has 0 saturated heterocycles. The molecule has 1 unspecified atom stereocenters. The minimum absolute atomic E-state index is 0.209. The molecular weight excluding hydrogens is 296 g/mol. The summed E-state index contributed by atoms with van der Waals surface area (Å²) in [6.07, 6.45) is -1.40. The van der Waals surface area contributed by atoms with E-state index >= 15 is 0 Å². The topological polar surface area (TPSA) is 88.5 Å². The minimum atomic E-state index is -1.40. The number of hydrogen-bond donors (Lipinski definition) is 2. The predicted molar refractivity (Wildman–Crippen MR) is 78.3 cm³/mol. The Morgan fingerprint density at radius 2 is 2.05 bits per heavy atom. The highest BCUT2D eigenvalue weighted by Gasteiger charge is 2.20. The Bertz CT molecular complexity index is 540. The highest BCUT2D eigenvalue weighted by molar-refractivity contribution is 6.29. The second-order valence-electron chi connectivity index (χ2n) is 5.56. The zero-order chi connectivity index (χ0) is 16.2. The molecule has 6 nitrogen and oxygen atoms in total. The molecule has 1 amide bonds. The van der Waals surface area contributed by atoms with E-state index < -0.39 is 18.0 Å². The number of esters is 1. The molecule has 0 spiro atoms. The molecule has 2 N–H and O–H groups in total. The van der Waals surface area contributed by atoms with Gasteiger partial charge >= 0.3 is 5.97 Å². The van der Waals surface area contributed by atoms with Crippen molar-refractivity contribution in [3.8, 4) is 0 Å². The molecule has 0 aliphatic carbocycles. The van der Waals surface area contributed by atoms with Crippen molar-refractivity contribution in [2.24, 2.45) is 0 Å². The van der Waals surface area contributed by atoms with Crippen LogP contribution >= 0.6 is 11.6 Å². The number of rotatable bonds is 4. The van der Waals surface area contributed by atoms with Crippen molar-refractivity contribution in [2.75, 3.05) is 13.7 Å². The molecule has 0 bridgehead atoms. The average Bonchev–Trinajstić information content (AvgIpc) is 2.41. The van der Waals surface area contributed by atoms with E-state index in [0.29, 0.717) is 11.3 Å². The van der Waals surface area contributed by atoms with Crippen LogP contribution in [0.4, 0.5) is 0 Å². The second-order valence-corrected chi connectivity index (χ2v) is 5.95. The van der Waals surface area contributed by atoms with Gasteiger partial charge in [0.1, 0.15) is 5.15 Å². The van der Waals surface area contributed by atoms with Crippen LogP contribution in [-0.2, 0) is 14.9 Å². The van der Waals surface area contributed by atoms with Crippen LogP contribution in [0.15, 0.2) is 12.1 Å². The smallest absolute Gasteiger partial charge is 0.336 e. The number of aromatic nitrogens is 1. The van der Waals surface area contributed by atoms with Gasteiger partial charge < -0.3 is 15.2 Å². The SMILES string of the molecule is COC(=O)C(O)CNC(=O)c1cc(Cl)nc(C(C)(C)C)c1. The highest BCUT2D eigenvalue weighted by atomic mass is 35.5. The first-order chi connectivity index (χ1) is 9.65. The fourth-order valence-corrected chi connectivity index (χ4v) is 1.73. The van der Waals surface area contributed by atoms with Crippen molar-refractivity contribution in [3.63, 3.8) is 0 Å². The maximum atomic E-state index is 12.0. The summed E-state index contributed by atoms with van der Waals surface area (Å²) < 4.78 is 4.36. The summed E-state index contributed by atoms with van der Waals surface area (Å²) in [5.41, 5.74) is 0.733. The van der Waals surface area contributed by atoms with Gasteiger partial charge in [0.05, 0.1) is 13.7 Å². The first-order valence-electron chi connectivity index (χ1n) is 6.37. The van der Waals surface area contributed by atoms with Crippen molar-refractivity contribution in [1.29, 1.82) is 0 Å². The van der Waals surface area contributed by atoms with Gasteiger partial charge in [0, 0.05) is 16.7 Å². The molecule has 0 radical (unpaired) electrons. The Kier molecular flexibility index (Phi) is 5.69. The first kappa shape index (κ1) is 17.4. The molecule has 1 rings (SSSR count). The fourth-order valence-electron chi connectivity index (χ4n) is 1.52. The van der Waals surface area contributed by atoms with Gasteiger partial charge in [-0.3, -0.25) is 4.79 Å². The molecule has 1 atom stereocenters. The van der Waals surface area contributed by atoms with Crippen LogP contribution in [-0.4, -0.2) is 41.7 Å².